The van der Waals surface area contributed by atoms with Crippen molar-refractivity contribution in [1.82, 2.24) is 0 Å². The van der Waals surface area contributed by atoms with Crippen molar-refractivity contribution in [2.45, 2.75) is 19.3 Å². The van der Waals surface area contributed by atoms with Crippen LogP contribution in [0.3, 0.4) is 0 Å². The molecule has 1 N–H and O–H groups in total. The number of halogens is 1. The molecule has 2 aromatic rings. The first kappa shape index (κ1) is 13.8. The largest absolute Gasteiger partial charge is 0.481 e. The van der Waals surface area contributed by atoms with Crippen molar-refractivity contribution in [3.05, 3.63) is 69.7 Å². The van der Waals surface area contributed by atoms with Crippen LogP contribution in [0.4, 0.5) is 0 Å². The molecule has 0 aliphatic carbocycles. The van der Waals surface area contributed by atoms with Gasteiger partial charge in [0.05, 0.1) is 5.92 Å². The van der Waals surface area contributed by atoms with E-state index in [1.165, 1.54) is 0 Å². The number of aliphatic carboxylic acids is 1. The summed E-state index contributed by atoms with van der Waals surface area (Å²) in [5.41, 5.74) is 3.04. The number of aryl methyl sites for hydroxylation is 1. The fourth-order valence-electron chi connectivity index (χ4n) is 2.10. The summed E-state index contributed by atoms with van der Waals surface area (Å²) in [6, 6.07) is 15.4. The van der Waals surface area contributed by atoms with Crippen molar-refractivity contribution >= 4 is 21.9 Å². The minimum absolute atomic E-state index is 0.505. The van der Waals surface area contributed by atoms with Gasteiger partial charge in [0.2, 0.25) is 0 Å². The molecule has 0 radical (unpaired) electrons. The molecule has 0 aromatic heterocycles. The van der Waals surface area contributed by atoms with Crippen LogP contribution in [0.25, 0.3) is 0 Å². The van der Waals surface area contributed by atoms with Crippen LogP contribution in [0.15, 0.2) is 53.0 Å². The quantitative estimate of drug-likeness (QED) is 0.918. The molecule has 0 amide bonds. The second kappa shape index (κ2) is 6.02. The maximum absolute atomic E-state index is 11.5. The maximum atomic E-state index is 11.5. The van der Waals surface area contributed by atoms with Gasteiger partial charge in [-0.2, -0.15) is 0 Å². The SMILES string of the molecule is Cc1ccccc1CC(C(=O)O)c1ccc(Br)cc1. The fourth-order valence-corrected chi connectivity index (χ4v) is 2.37. The smallest absolute Gasteiger partial charge is 0.311 e. The van der Waals surface area contributed by atoms with Crippen LogP contribution in [0, 0.1) is 6.92 Å². The first-order valence-electron chi connectivity index (χ1n) is 6.10. The van der Waals surface area contributed by atoms with E-state index in [1.807, 2.05) is 55.5 Å². The van der Waals surface area contributed by atoms with Gasteiger partial charge in [0, 0.05) is 4.47 Å². The molecule has 1 atom stereocenters. The van der Waals surface area contributed by atoms with E-state index in [0.717, 1.165) is 21.2 Å². The van der Waals surface area contributed by atoms with Crippen molar-refractivity contribution in [3.8, 4) is 0 Å². The highest BCUT2D eigenvalue weighted by atomic mass is 79.9. The average molecular weight is 319 g/mol. The van der Waals surface area contributed by atoms with Crippen LogP contribution in [-0.4, -0.2) is 11.1 Å². The van der Waals surface area contributed by atoms with Gasteiger partial charge >= 0.3 is 5.97 Å². The lowest BCUT2D eigenvalue weighted by Crippen LogP contribution is -2.15. The Bertz CT molecular complexity index is 576. The van der Waals surface area contributed by atoms with E-state index in [9.17, 15) is 9.90 Å². The molecule has 0 heterocycles. The maximum Gasteiger partial charge on any atom is 0.311 e. The molecule has 2 nitrogen and oxygen atoms in total. The Kier molecular flexibility index (Phi) is 4.38. The normalized spacial score (nSPS) is 12.1. The molecule has 0 aliphatic heterocycles. The van der Waals surface area contributed by atoms with Gasteiger partial charge in [0.15, 0.2) is 0 Å². The predicted molar refractivity (Wildman–Crippen MR) is 79.4 cm³/mol. The summed E-state index contributed by atoms with van der Waals surface area (Å²) < 4.78 is 0.955. The molecule has 0 spiro atoms. The second-order valence-electron chi connectivity index (χ2n) is 4.57. The lowest BCUT2D eigenvalue weighted by molar-refractivity contribution is -0.138. The Morgan fingerprint density at radius 1 is 1.16 bits per heavy atom. The molecule has 1 unspecified atom stereocenters. The van der Waals surface area contributed by atoms with Gasteiger partial charge in [-0.25, -0.2) is 0 Å². The molecule has 0 fully saturated rings. The summed E-state index contributed by atoms with van der Waals surface area (Å²) >= 11 is 3.36. The van der Waals surface area contributed by atoms with Crippen LogP contribution in [0.2, 0.25) is 0 Å². The molecule has 0 saturated carbocycles. The Labute approximate surface area is 121 Å². The molecule has 0 bridgehead atoms. The third-order valence-corrected chi connectivity index (χ3v) is 3.78. The molecule has 2 aromatic carbocycles. The average Bonchev–Trinajstić information content (AvgIpc) is 2.39. The summed E-state index contributed by atoms with van der Waals surface area (Å²) in [5.74, 6) is -1.29. The van der Waals surface area contributed by atoms with Crippen LogP contribution >= 0.6 is 15.9 Å². The number of hydrogen-bond acceptors (Lipinski definition) is 1. The second-order valence-corrected chi connectivity index (χ2v) is 5.49. The highest BCUT2D eigenvalue weighted by molar-refractivity contribution is 9.10. The Hall–Kier alpha value is -1.61. The van der Waals surface area contributed by atoms with Crippen LogP contribution in [-0.2, 0) is 11.2 Å². The minimum atomic E-state index is -0.787. The summed E-state index contributed by atoms with van der Waals surface area (Å²) in [4.78, 5) is 11.5. The van der Waals surface area contributed by atoms with Crippen LogP contribution < -0.4 is 0 Å². The Morgan fingerprint density at radius 2 is 1.79 bits per heavy atom. The first-order chi connectivity index (χ1) is 9.08. The van der Waals surface area contributed by atoms with Crippen molar-refractivity contribution in [2.75, 3.05) is 0 Å². The van der Waals surface area contributed by atoms with Crippen LogP contribution in [0.1, 0.15) is 22.6 Å². The Morgan fingerprint density at radius 3 is 2.37 bits per heavy atom. The monoisotopic (exact) mass is 318 g/mol. The summed E-state index contributed by atoms with van der Waals surface area (Å²) in [5, 5.41) is 9.44. The number of hydrogen-bond donors (Lipinski definition) is 1. The van der Waals surface area contributed by atoms with Crippen molar-refractivity contribution in [1.29, 1.82) is 0 Å². The third-order valence-electron chi connectivity index (χ3n) is 3.26. The van der Waals surface area contributed by atoms with E-state index in [4.69, 9.17) is 0 Å². The highest BCUT2D eigenvalue weighted by Gasteiger charge is 2.20. The molecular formula is C16H15BrO2. The van der Waals surface area contributed by atoms with Gasteiger partial charge in [-0.3, -0.25) is 4.79 Å². The van der Waals surface area contributed by atoms with Crippen LogP contribution in [0.5, 0.6) is 0 Å². The summed E-state index contributed by atoms with van der Waals surface area (Å²) in [6.45, 7) is 2.01. The molecule has 0 saturated heterocycles. The first-order valence-corrected chi connectivity index (χ1v) is 6.90. The summed E-state index contributed by atoms with van der Waals surface area (Å²) in [6.07, 6.45) is 0.517. The fraction of sp³-hybridized carbons (Fsp3) is 0.188. The molecular weight excluding hydrogens is 304 g/mol. The minimum Gasteiger partial charge on any atom is -0.481 e. The molecule has 2 rings (SSSR count). The van der Waals surface area contributed by atoms with E-state index < -0.39 is 11.9 Å². The van der Waals surface area contributed by atoms with Crippen molar-refractivity contribution < 1.29 is 9.90 Å². The molecule has 3 heteroatoms. The third kappa shape index (κ3) is 3.44. The Balaban J connectivity index is 2.29. The van der Waals surface area contributed by atoms with Gasteiger partial charge in [0.1, 0.15) is 0 Å². The lowest BCUT2D eigenvalue weighted by atomic mass is 9.90. The van der Waals surface area contributed by atoms with Crippen molar-refractivity contribution in [2.24, 2.45) is 0 Å². The van der Waals surface area contributed by atoms with Gasteiger partial charge in [0.25, 0.3) is 0 Å². The predicted octanol–water partition coefficient (Wildman–Crippen LogP) is 4.17. The van der Waals surface area contributed by atoms with Gasteiger partial charge in [-0.1, -0.05) is 52.3 Å². The highest BCUT2D eigenvalue weighted by Crippen LogP contribution is 2.24. The zero-order valence-electron chi connectivity index (χ0n) is 10.6. The number of carboxylic acid groups (broad SMARTS) is 1. The lowest BCUT2D eigenvalue weighted by Gasteiger charge is -2.14. The number of benzene rings is 2. The zero-order valence-corrected chi connectivity index (χ0v) is 12.2. The number of carbonyl (C=O) groups is 1. The number of carboxylic acids is 1. The molecule has 19 heavy (non-hydrogen) atoms. The number of rotatable bonds is 4. The van der Waals surface area contributed by atoms with E-state index >= 15 is 0 Å². The standard InChI is InChI=1S/C16H15BrO2/c1-11-4-2-3-5-13(11)10-15(16(18)19)12-6-8-14(17)9-7-12/h2-9,15H,10H2,1H3,(H,18,19). The van der Waals surface area contributed by atoms with E-state index in [2.05, 4.69) is 15.9 Å². The zero-order chi connectivity index (χ0) is 13.8. The van der Waals surface area contributed by atoms with E-state index in [-0.39, 0.29) is 0 Å². The molecule has 98 valence electrons. The van der Waals surface area contributed by atoms with Gasteiger partial charge in [-0.15, -0.1) is 0 Å². The molecule has 0 aliphatic rings. The van der Waals surface area contributed by atoms with E-state index in [1.54, 1.807) is 0 Å². The van der Waals surface area contributed by atoms with Gasteiger partial charge in [-0.05, 0) is 42.2 Å². The van der Waals surface area contributed by atoms with Crippen molar-refractivity contribution in [3.63, 3.8) is 0 Å². The van der Waals surface area contributed by atoms with Gasteiger partial charge < -0.3 is 5.11 Å². The summed E-state index contributed by atoms with van der Waals surface area (Å²) in [7, 11) is 0. The topological polar surface area (TPSA) is 37.3 Å². The van der Waals surface area contributed by atoms with E-state index in [0.29, 0.717) is 6.42 Å².